The molecule has 0 radical (unpaired) electrons. The lowest BCUT2D eigenvalue weighted by Crippen LogP contribution is -2.45. The van der Waals surface area contributed by atoms with Gasteiger partial charge in [0, 0.05) is 22.2 Å². The molecule has 196 valence electrons. The Hall–Kier alpha value is -4.42. The summed E-state index contributed by atoms with van der Waals surface area (Å²) < 4.78 is 0. The molecule has 4 atom stereocenters. The molecule has 0 aromatic heterocycles. The molecule has 4 aromatic carbocycles. The molecule has 2 amide bonds. The fourth-order valence-electron chi connectivity index (χ4n) is 5.58. The SMILES string of the molecule is Cc1cccc(C2C(C(=O)c3ccccc3)C(c3ccccc3)C(C(=O)O)N2C(=O)Nc2cccc(Cl)c2)c1. The zero-order valence-corrected chi connectivity index (χ0v) is 22.0. The average Bonchev–Trinajstić information content (AvgIpc) is 3.30. The highest BCUT2D eigenvalue weighted by Crippen LogP contribution is 2.51. The minimum Gasteiger partial charge on any atom is -0.480 e. The van der Waals surface area contributed by atoms with Crippen molar-refractivity contribution < 1.29 is 19.5 Å². The van der Waals surface area contributed by atoms with E-state index in [0.29, 0.717) is 27.4 Å². The summed E-state index contributed by atoms with van der Waals surface area (Å²) in [6.07, 6.45) is 0. The number of hydrogen-bond acceptors (Lipinski definition) is 3. The Kier molecular flexibility index (Phi) is 7.48. The number of halogens is 1. The summed E-state index contributed by atoms with van der Waals surface area (Å²) in [6, 6.07) is 29.3. The van der Waals surface area contributed by atoms with Gasteiger partial charge in [0.15, 0.2) is 5.78 Å². The smallest absolute Gasteiger partial charge is 0.327 e. The number of carbonyl (C=O) groups is 3. The van der Waals surface area contributed by atoms with Gasteiger partial charge in [-0.2, -0.15) is 0 Å². The number of benzene rings is 4. The van der Waals surface area contributed by atoms with Crippen LogP contribution in [0.4, 0.5) is 10.5 Å². The molecule has 39 heavy (non-hydrogen) atoms. The Morgan fingerprint density at radius 2 is 1.44 bits per heavy atom. The minimum absolute atomic E-state index is 0.222. The summed E-state index contributed by atoms with van der Waals surface area (Å²) in [5.41, 5.74) is 3.18. The standard InChI is InChI=1S/C32H27ClN2O4/c1-20-10-8-15-23(18-20)28-27(30(36)22-13-6-3-7-14-22)26(21-11-4-2-5-12-21)29(31(37)38)35(28)32(39)34-25-17-9-16-24(33)19-25/h2-19,26-29H,1H3,(H,34,39)(H,37,38). The lowest BCUT2D eigenvalue weighted by Gasteiger charge is -2.30. The van der Waals surface area contributed by atoms with E-state index in [4.69, 9.17) is 11.6 Å². The van der Waals surface area contributed by atoms with Gasteiger partial charge >= 0.3 is 12.0 Å². The number of Topliss-reactive ketones (excluding diaryl/α,β-unsaturated/α-hetero) is 1. The lowest BCUT2D eigenvalue weighted by atomic mass is 9.76. The zero-order valence-electron chi connectivity index (χ0n) is 21.2. The van der Waals surface area contributed by atoms with Gasteiger partial charge < -0.3 is 15.3 Å². The molecule has 0 aliphatic carbocycles. The van der Waals surface area contributed by atoms with Crippen LogP contribution in [0.15, 0.2) is 109 Å². The zero-order chi connectivity index (χ0) is 27.5. The molecule has 0 spiro atoms. The molecule has 1 saturated heterocycles. The fraction of sp³-hybridized carbons (Fsp3) is 0.156. The second kappa shape index (κ2) is 11.1. The molecule has 1 aliphatic rings. The van der Waals surface area contributed by atoms with E-state index in [2.05, 4.69) is 5.32 Å². The van der Waals surface area contributed by atoms with Crippen molar-refractivity contribution in [2.24, 2.45) is 5.92 Å². The molecule has 4 aromatic rings. The Bertz CT molecular complexity index is 1510. The Morgan fingerprint density at radius 3 is 2.08 bits per heavy atom. The number of aliphatic carboxylic acids is 1. The van der Waals surface area contributed by atoms with Gasteiger partial charge in [0.1, 0.15) is 6.04 Å². The van der Waals surface area contributed by atoms with E-state index < -0.39 is 35.9 Å². The molecule has 0 bridgehead atoms. The number of amides is 2. The van der Waals surface area contributed by atoms with Crippen molar-refractivity contribution in [3.8, 4) is 0 Å². The third-order valence-corrected chi connectivity index (χ3v) is 7.39. The van der Waals surface area contributed by atoms with Gasteiger partial charge in [0.05, 0.1) is 12.0 Å². The molecule has 4 unspecified atom stereocenters. The van der Waals surface area contributed by atoms with E-state index in [1.807, 2.05) is 67.6 Å². The molecule has 6 nitrogen and oxygen atoms in total. The number of rotatable bonds is 6. The molecule has 1 aliphatic heterocycles. The molecule has 1 fully saturated rings. The van der Waals surface area contributed by atoms with Crippen LogP contribution in [-0.2, 0) is 4.79 Å². The summed E-state index contributed by atoms with van der Waals surface area (Å²) in [5, 5.41) is 13.9. The fourth-order valence-corrected chi connectivity index (χ4v) is 5.77. The largest absolute Gasteiger partial charge is 0.480 e. The van der Waals surface area contributed by atoms with Crippen molar-refractivity contribution in [2.75, 3.05) is 5.32 Å². The van der Waals surface area contributed by atoms with Crippen LogP contribution in [0.5, 0.6) is 0 Å². The molecular formula is C32H27ClN2O4. The van der Waals surface area contributed by atoms with Crippen molar-refractivity contribution in [3.63, 3.8) is 0 Å². The number of urea groups is 1. The molecule has 2 N–H and O–H groups in total. The second-order valence-electron chi connectivity index (χ2n) is 9.68. The highest BCUT2D eigenvalue weighted by molar-refractivity contribution is 6.30. The Morgan fingerprint density at radius 1 is 0.795 bits per heavy atom. The number of aryl methyl sites for hydroxylation is 1. The number of nitrogens with one attached hydrogen (secondary N) is 1. The van der Waals surface area contributed by atoms with Crippen molar-refractivity contribution in [3.05, 3.63) is 136 Å². The van der Waals surface area contributed by atoms with Crippen molar-refractivity contribution >= 4 is 35.1 Å². The van der Waals surface area contributed by atoms with Crippen LogP contribution >= 0.6 is 11.6 Å². The monoisotopic (exact) mass is 538 g/mol. The number of carboxylic acids is 1. The van der Waals surface area contributed by atoms with E-state index in [0.717, 1.165) is 5.56 Å². The van der Waals surface area contributed by atoms with Crippen LogP contribution in [0.1, 0.15) is 39.0 Å². The second-order valence-corrected chi connectivity index (χ2v) is 10.1. The van der Waals surface area contributed by atoms with Crippen LogP contribution in [0.2, 0.25) is 5.02 Å². The maximum absolute atomic E-state index is 14.3. The molecule has 1 heterocycles. The van der Waals surface area contributed by atoms with Gasteiger partial charge in [-0.15, -0.1) is 0 Å². The first kappa shape index (κ1) is 26.2. The topological polar surface area (TPSA) is 86.7 Å². The number of carbonyl (C=O) groups excluding carboxylic acids is 2. The van der Waals surface area contributed by atoms with Gasteiger partial charge in [-0.25, -0.2) is 9.59 Å². The number of likely N-dealkylation sites (tertiary alicyclic amines) is 1. The van der Waals surface area contributed by atoms with Crippen LogP contribution in [-0.4, -0.2) is 33.8 Å². The first-order valence-corrected chi connectivity index (χ1v) is 13.0. The third kappa shape index (κ3) is 5.29. The third-order valence-electron chi connectivity index (χ3n) is 7.16. The van der Waals surface area contributed by atoms with Gasteiger partial charge in [0.25, 0.3) is 0 Å². The van der Waals surface area contributed by atoms with Crippen LogP contribution < -0.4 is 5.32 Å². The van der Waals surface area contributed by atoms with Gasteiger partial charge in [-0.1, -0.05) is 108 Å². The van der Waals surface area contributed by atoms with E-state index in [1.54, 1.807) is 48.5 Å². The Labute approximate surface area is 231 Å². The van der Waals surface area contributed by atoms with Crippen molar-refractivity contribution in [2.45, 2.75) is 24.9 Å². The maximum atomic E-state index is 14.3. The summed E-state index contributed by atoms with van der Waals surface area (Å²) in [7, 11) is 0. The van der Waals surface area contributed by atoms with Crippen molar-refractivity contribution in [1.82, 2.24) is 4.90 Å². The maximum Gasteiger partial charge on any atom is 0.327 e. The van der Waals surface area contributed by atoms with E-state index in [-0.39, 0.29) is 5.78 Å². The van der Waals surface area contributed by atoms with Gasteiger partial charge in [-0.05, 0) is 36.2 Å². The summed E-state index contributed by atoms with van der Waals surface area (Å²) in [4.78, 5) is 42.6. The predicted molar refractivity (Wildman–Crippen MR) is 151 cm³/mol. The number of anilines is 1. The number of carboxylic acid groups (broad SMARTS) is 1. The number of nitrogens with zero attached hydrogens (tertiary/aromatic N) is 1. The van der Waals surface area contributed by atoms with Gasteiger partial charge in [0.2, 0.25) is 0 Å². The number of ketones is 1. The first-order chi connectivity index (χ1) is 18.8. The summed E-state index contributed by atoms with van der Waals surface area (Å²) in [6.45, 7) is 1.92. The van der Waals surface area contributed by atoms with E-state index in [9.17, 15) is 19.5 Å². The summed E-state index contributed by atoms with van der Waals surface area (Å²) in [5.74, 6) is -3.07. The normalized spacial score (nSPS) is 20.4. The minimum atomic E-state index is -1.31. The number of hydrogen-bond donors (Lipinski definition) is 2. The molecular weight excluding hydrogens is 512 g/mol. The lowest BCUT2D eigenvalue weighted by molar-refractivity contribution is -0.142. The predicted octanol–water partition coefficient (Wildman–Crippen LogP) is 6.97. The molecule has 0 saturated carbocycles. The highest BCUT2D eigenvalue weighted by atomic mass is 35.5. The van der Waals surface area contributed by atoms with Gasteiger partial charge in [-0.3, -0.25) is 4.79 Å². The average molecular weight is 539 g/mol. The van der Waals surface area contributed by atoms with Crippen molar-refractivity contribution in [1.29, 1.82) is 0 Å². The van der Waals surface area contributed by atoms with Crippen LogP contribution in [0.25, 0.3) is 0 Å². The highest BCUT2D eigenvalue weighted by Gasteiger charge is 2.57. The molecule has 7 heteroatoms. The molecule has 5 rings (SSSR count). The Balaban J connectivity index is 1.72. The quantitative estimate of drug-likeness (QED) is 0.259. The van der Waals surface area contributed by atoms with E-state index in [1.165, 1.54) is 4.90 Å². The summed E-state index contributed by atoms with van der Waals surface area (Å²) >= 11 is 6.14. The van der Waals surface area contributed by atoms with E-state index >= 15 is 0 Å². The van der Waals surface area contributed by atoms with Crippen LogP contribution in [0, 0.1) is 12.8 Å². The first-order valence-electron chi connectivity index (χ1n) is 12.6. The van der Waals surface area contributed by atoms with Crippen LogP contribution in [0.3, 0.4) is 0 Å².